The van der Waals surface area contributed by atoms with Gasteiger partial charge in [0.2, 0.25) is 0 Å². The summed E-state index contributed by atoms with van der Waals surface area (Å²) in [4.78, 5) is 11.3. The third-order valence-electron chi connectivity index (χ3n) is 2.50. The second-order valence-corrected chi connectivity index (χ2v) is 4.21. The van der Waals surface area contributed by atoms with E-state index in [4.69, 9.17) is 9.47 Å². The first-order valence-corrected chi connectivity index (χ1v) is 4.76. The van der Waals surface area contributed by atoms with Gasteiger partial charge in [0.25, 0.3) is 0 Å². The molecular formula is C10H18O3. The SMILES string of the molecule is COC(=O)C(C)(C)CC1CCCO1. The number of rotatable bonds is 3. The molecule has 3 nitrogen and oxygen atoms in total. The van der Waals surface area contributed by atoms with Gasteiger partial charge in [0, 0.05) is 6.61 Å². The first kappa shape index (κ1) is 10.5. The lowest BCUT2D eigenvalue weighted by molar-refractivity contribution is -0.152. The molecular weight excluding hydrogens is 168 g/mol. The fourth-order valence-electron chi connectivity index (χ4n) is 1.73. The maximum atomic E-state index is 11.3. The van der Waals surface area contributed by atoms with Crippen molar-refractivity contribution in [2.24, 2.45) is 5.41 Å². The number of carbonyl (C=O) groups excluding carboxylic acids is 1. The van der Waals surface area contributed by atoms with Crippen molar-refractivity contribution in [2.75, 3.05) is 13.7 Å². The maximum absolute atomic E-state index is 11.3. The number of hydrogen-bond acceptors (Lipinski definition) is 3. The molecule has 0 saturated carbocycles. The van der Waals surface area contributed by atoms with Crippen molar-refractivity contribution < 1.29 is 14.3 Å². The molecule has 0 N–H and O–H groups in total. The summed E-state index contributed by atoms with van der Waals surface area (Å²) in [5.74, 6) is -0.150. The lowest BCUT2D eigenvalue weighted by Gasteiger charge is -2.24. The minimum absolute atomic E-state index is 0.150. The van der Waals surface area contributed by atoms with Crippen LogP contribution in [0.1, 0.15) is 33.1 Å². The second-order valence-electron chi connectivity index (χ2n) is 4.21. The van der Waals surface area contributed by atoms with Crippen molar-refractivity contribution in [3.05, 3.63) is 0 Å². The predicted molar refractivity (Wildman–Crippen MR) is 49.4 cm³/mol. The zero-order valence-corrected chi connectivity index (χ0v) is 8.63. The number of esters is 1. The summed E-state index contributed by atoms with van der Waals surface area (Å²) in [6.07, 6.45) is 3.19. The summed E-state index contributed by atoms with van der Waals surface area (Å²) in [5.41, 5.74) is -0.413. The molecule has 0 aromatic rings. The molecule has 1 heterocycles. The van der Waals surface area contributed by atoms with Crippen LogP contribution < -0.4 is 0 Å². The van der Waals surface area contributed by atoms with Crippen molar-refractivity contribution in [3.8, 4) is 0 Å². The predicted octanol–water partition coefficient (Wildman–Crippen LogP) is 1.75. The number of hydrogen-bond donors (Lipinski definition) is 0. The van der Waals surface area contributed by atoms with Gasteiger partial charge < -0.3 is 9.47 Å². The van der Waals surface area contributed by atoms with Gasteiger partial charge in [-0.3, -0.25) is 4.79 Å². The van der Waals surface area contributed by atoms with Gasteiger partial charge in [0.05, 0.1) is 18.6 Å². The molecule has 1 fully saturated rings. The van der Waals surface area contributed by atoms with Gasteiger partial charge in [-0.25, -0.2) is 0 Å². The Labute approximate surface area is 79.4 Å². The lowest BCUT2D eigenvalue weighted by atomic mass is 9.86. The Morgan fingerprint density at radius 1 is 1.62 bits per heavy atom. The van der Waals surface area contributed by atoms with Crippen LogP contribution in [0.3, 0.4) is 0 Å². The van der Waals surface area contributed by atoms with E-state index >= 15 is 0 Å². The quantitative estimate of drug-likeness (QED) is 0.630. The van der Waals surface area contributed by atoms with Gasteiger partial charge in [-0.15, -0.1) is 0 Å². The third-order valence-corrected chi connectivity index (χ3v) is 2.50. The molecule has 0 radical (unpaired) electrons. The van der Waals surface area contributed by atoms with Gasteiger partial charge >= 0.3 is 5.97 Å². The van der Waals surface area contributed by atoms with Crippen LogP contribution in [0.4, 0.5) is 0 Å². The Balaban J connectivity index is 2.44. The maximum Gasteiger partial charge on any atom is 0.311 e. The summed E-state index contributed by atoms with van der Waals surface area (Å²) in [5, 5.41) is 0. The molecule has 1 atom stereocenters. The minimum atomic E-state index is -0.413. The molecule has 0 bridgehead atoms. The summed E-state index contributed by atoms with van der Waals surface area (Å²) < 4.78 is 10.2. The Bertz CT molecular complexity index is 181. The van der Waals surface area contributed by atoms with E-state index in [0.717, 1.165) is 25.9 Å². The van der Waals surface area contributed by atoms with Crippen molar-refractivity contribution in [1.82, 2.24) is 0 Å². The minimum Gasteiger partial charge on any atom is -0.469 e. The molecule has 76 valence electrons. The Kier molecular flexibility index (Phi) is 3.31. The molecule has 3 heteroatoms. The van der Waals surface area contributed by atoms with E-state index in [0.29, 0.717) is 0 Å². The zero-order valence-electron chi connectivity index (χ0n) is 8.63. The molecule has 0 aromatic carbocycles. The highest BCUT2D eigenvalue weighted by atomic mass is 16.5. The van der Waals surface area contributed by atoms with Gasteiger partial charge in [0.1, 0.15) is 0 Å². The lowest BCUT2D eigenvalue weighted by Crippen LogP contribution is -2.30. The Morgan fingerprint density at radius 3 is 2.77 bits per heavy atom. The van der Waals surface area contributed by atoms with Crippen molar-refractivity contribution in [2.45, 2.75) is 39.2 Å². The van der Waals surface area contributed by atoms with Gasteiger partial charge in [-0.05, 0) is 33.1 Å². The van der Waals surface area contributed by atoms with E-state index in [1.165, 1.54) is 7.11 Å². The first-order chi connectivity index (χ1) is 6.06. The Hall–Kier alpha value is -0.570. The van der Waals surface area contributed by atoms with E-state index in [1.807, 2.05) is 13.8 Å². The Morgan fingerprint density at radius 2 is 2.31 bits per heavy atom. The first-order valence-electron chi connectivity index (χ1n) is 4.76. The average molecular weight is 186 g/mol. The molecule has 0 spiro atoms. The van der Waals surface area contributed by atoms with Crippen molar-refractivity contribution in [1.29, 1.82) is 0 Å². The van der Waals surface area contributed by atoms with Crippen LogP contribution in [0, 0.1) is 5.41 Å². The summed E-state index contributed by atoms with van der Waals surface area (Å²) in [6.45, 7) is 4.64. The molecule has 1 rings (SSSR count). The van der Waals surface area contributed by atoms with Crippen LogP contribution in [0.25, 0.3) is 0 Å². The smallest absolute Gasteiger partial charge is 0.311 e. The summed E-state index contributed by atoms with van der Waals surface area (Å²) in [7, 11) is 1.43. The monoisotopic (exact) mass is 186 g/mol. The van der Waals surface area contributed by atoms with Gasteiger partial charge in [-0.1, -0.05) is 0 Å². The van der Waals surface area contributed by atoms with E-state index in [1.54, 1.807) is 0 Å². The van der Waals surface area contributed by atoms with Crippen LogP contribution in [-0.4, -0.2) is 25.8 Å². The van der Waals surface area contributed by atoms with E-state index < -0.39 is 5.41 Å². The topological polar surface area (TPSA) is 35.5 Å². The van der Waals surface area contributed by atoms with Crippen LogP contribution in [-0.2, 0) is 14.3 Å². The van der Waals surface area contributed by atoms with Crippen molar-refractivity contribution >= 4 is 5.97 Å². The van der Waals surface area contributed by atoms with Crippen molar-refractivity contribution in [3.63, 3.8) is 0 Å². The zero-order chi connectivity index (χ0) is 9.90. The van der Waals surface area contributed by atoms with E-state index in [2.05, 4.69) is 0 Å². The third kappa shape index (κ3) is 2.69. The van der Waals surface area contributed by atoms with Gasteiger partial charge in [-0.2, -0.15) is 0 Å². The van der Waals surface area contributed by atoms with E-state index in [-0.39, 0.29) is 12.1 Å². The van der Waals surface area contributed by atoms with Crippen LogP contribution in [0.5, 0.6) is 0 Å². The molecule has 1 unspecified atom stereocenters. The molecule has 1 saturated heterocycles. The highest BCUT2D eigenvalue weighted by Gasteiger charge is 2.33. The van der Waals surface area contributed by atoms with Crippen LogP contribution in [0.2, 0.25) is 0 Å². The van der Waals surface area contributed by atoms with Crippen LogP contribution in [0.15, 0.2) is 0 Å². The largest absolute Gasteiger partial charge is 0.469 e. The summed E-state index contributed by atoms with van der Waals surface area (Å²) >= 11 is 0. The fourth-order valence-corrected chi connectivity index (χ4v) is 1.73. The fraction of sp³-hybridized carbons (Fsp3) is 0.900. The average Bonchev–Trinajstić information content (AvgIpc) is 2.54. The van der Waals surface area contributed by atoms with E-state index in [9.17, 15) is 4.79 Å². The highest BCUT2D eigenvalue weighted by Crippen LogP contribution is 2.29. The molecule has 0 aromatic heterocycles. The van der Waals surface area contributed by atoms with Crippen LogP contribution >= 0.6 is 0 Å². The number of methoxy groups -OCH3 is 1. The molecule has 0 amide bonds. The standard InChI is InChI=1S/C10H18O3/c1-10(2,9(11)12-3)7-8-5-4-6-13-8/h8H,4-7H2,1-3H3. The molecule has 0 aliphatic carbocycles. The molecule has 13 heavy (non-hydrogen) atoms. The molecule has 1 aliphatic rings. The van der Waals surface area contributed by atoms with Gasteiger partial charge in [0.15, 0.2) is 0 Å². The second kappa shape index (κ2) is 4.09. The number of carbonyl (C=O) groups is 1. The normalized spacial score (nSPS) is 23.2. The number of ether oxygens (including phenoxy) is 2. The summed E-state index contributed by atoms with van der Waals surface area (Å²) in [6, 6.07) is 0. The highest BCUT2D eigenvalue weighted by molar-refractivity contribution is 5.75. The molecule has 1 aliphatic heterocycles.